The Bertz CT molecular complexity index is 423. The predicted molar refractivity (Wildman–Crippen MR) is 80.8 cm³/mol. The van der Waals surface area contributed by atoms with Gasteiger partial charge in [0.2, 0.25) is 0 Å². The average Bonchev–Trinajstić information content (AvgIpc) is 2.63. The molecule has 4 nitrogen and oxygen atoms in total. The largest absolute Gasteiger partial charge is 0.357 e. The van der Waals surface area contributed by atoms with Gasteiger partial charge in [0.05, 0.1) is 13.1 Å². The van der Waals surface area contributed by atoms with Crippen LogP contribution >= 0.6 is 15.9 Å². The van der Waals surface area contributed by atoms with Gasteiger partial charge in [-0.25, -0.2) is 4.99 Å². The van der Waals surface area contributed by atoms with Crippen molar-refractivity contribution in [2.24, 2.45) is 12.0 Å². The molecule has 1 heterocycles. The molecular formula is C13H21BrN4. The van der Waals surface area contributed by atoms with Gasteiger partial charge in [-0.05, 0) is 28.9 Å². The third-order valence-corrected chi connectivity index (χ3v) is 2.97. The van der Waals surface area contributed by atoms with Crippen molar-refractivity contribution in [1.29, 1.82) is 0 Å². The Balaban J connectivity index is 2.74. The number of hydrogen-bond donors (Lipinski definition) is 1. The van der Waals surface area contributed by atoms with Gasteiger partial charge in [-0.2, -0.15) is 0 Å². The molecule has 1 aromatic heterocycles. The Hall–Kier alpha value is -1.23. The van der Waals surface area contributed by atoms with Gasteiger partial charge in [0.1, 0.15) is 0 Å². The predicted octanol–water partition coefficient (Wildman–Crippen LogP) is 2.37. The van der Waals surface area contributed by atoms with Crippen molar-refractivity contribution >= 4 is 21.9 Å². The van der Waals surface area contributed by atoms with Crippen molar-refractivity contribution in [1.82, 2.24) is 14.8 Å². The lowest BCUT2D eigenvalue weighted by atomic mass is 10.4. The molecular weight excluding hydrogens is 292 g/mol. The quantitative estimate of drug-likeness (QED) is 0.514. The molecule has 1 N–H and O–H groups in total. The maximum atomic E-state index is 4.46. The van der Waals surface area contributed by atoms with Crippen LogP contribution in [0.2, 0.25) is 0 Å². The van der Waals surface area contributed by atoms with E-state index in [1.165, 1.54) is 5.69 Å². The molecule has 0 bridgehead atoms. The van der Waals surface area contributed by atoms with Crippen LogP contribution in [0, 0.1) is 0 Å². The van der Waals surface area contributed by atoms with E-state index in [9.17, 15) is 0 Å². The van der Waals surface area contributed by atoms with E-state index in [0.29, 0.717) is 6.54 Å². The van der Waals surface area contributed by atoms with Gasteiger partial charge < -0.3 is 14.8 Å². The average molecular weight is 313 g/mol. The normalized spacial score (nSPS) is 11.4. The fraction of sp³-hybridized carbons (Fsp3) is 0.462. The lowest BCUT2D eigenvalue weighted by Crippen LogP contribution is -2.38. The number of rotatable bonds is 5. The van der Waals surface area contributed by atoms with Gasteiger partial charge in [-0.15, -0.1) is 6.58 Å². The lowest BCUT2D eigenvalue weighted by Gasteiger charge is -2.22. The first-order chi connectivity index (χ1) is 8.58. The van der Waals surface area contributed by atoms with E-state index < -0.39 is 0 Å². The molecule has 0 aliphatic carbocycles. The number of aromatic nitrogens is 1. The Morgan fingerprint density at radius 3 is 2.89 bits per heavy atom. The second-order valence-corrected chi connectivity index (χ2v) is 5.02. The molecule has 0 aliphatic rings. The summed E-state index contributed by atoms with van der Waals surface area (Å²) in [5.41, 5.74) is 1.23. The Labute approximate surface area is 118 Å². The van der Waals surface area contributed by atoms with Crippen LogP contribution in [-0.4, -0.2) is 35.6 Å². The zero-order chi connectivity index (χ0) is 13.5. The van der Waals surface area contributed by atoms with E-state index in [1.807, 2.05) is 14.1 Å². The van der Waals surface area contributed by atoms with Gasteiger partial charge in [-0.1, -0.05) is 6.08 Å². The lowest BCUT2D eigenvalue weighted by molar-refractivity contribution is 0.463. The molecule has 1 aromatic rings. The van der Waals surface area contributed by atoms with Crippen LogP contribution in [0.5, 0.6) is 0 Å². The van der Waals surface area contributed by atoms with E-state index in [4.69, 9.17) is 0 Å². The molecule has 0 amide bonds. The summed E-state index contributed by atoms with van der Waals surface area (Å²) < 4.78 is 3.21. The number of nitrogens with one attached hydrogen (secondary N) is 1. The minimum absolute atomic E-state index is 0.628. The summed E-state index contributed by atoms with van der Waals surface area (Å²) in [6, 6.07) is 2.12. The summed E-state index contributed by atoms with van der Waals surface area (Å²) in [7, 11) is 4.08. The summed E-state index contributed by atoms with van der Waals surface area (Å²) >= 11 is 3.48. The number of nitrogens with zero attached hydrogens (tertiary/aromatic N) is 3. The highest BCUT2D eigenvalue weighted by atomic mass is 79.9. The van der Waals surface area contributed by atoms with Crippen LogP contribution in [0.25, 0.3) is 0 Å². The minimum Gasteiger partial charge on any atom is -0.357 e. The van der Waals surface area contributed by atoms with E-state index >= 15 is 0 Å². The Kier molecular flexibility index (Phi) is 5.98. The molecule has 0 fully saturated rings. The van der Waals surface area contributed by atoms with Gasteiger partial charge in [0.15, 0.2) is 5.96 Å². The Morgan fingerprint density at radius 2 is 2.39 bits per heavy atom. The number of aliphatic imine (C=N–C) groups is 1. The maximum Gasteiger partial charge on any atom is 0.194 e. The third kappa shape index (κ3) is 4.22. The number of halogens is 1. The van der Waals surface area contributed by atoms with Gasteiger partial charge in [0, 0.05) is 37.0 Å². The second kappa shape index (κ2) is 7.26. The van der Waals surface area contributed by atoms with Gasteiger partial charge in [0.25, 0.3) is 0 Å². The molecule has 1 rings (SSSR count). The molecule has 100 valence electrons. The van der Waals surface area contributed by atoms with Crippen LogP contribution in [0.1, 0.15) is 12.6 Å². The zero-order valence-electron chi connectivity index (χ0n) is 11.3. The van der Waals surface area contributed by atoms with Gasteiger partial charge in [-0.3, -0.25) is 0 Å². The molecule has 0 aromatic carbocycles. The first-order valence-electron chi connectivity index (χ1n) is 5.99. The van der Waals surface area contributed by atoms with E-state index in [0.717, 1.165) is 23.5 Å². The summed E-state index contributed by atoms with van der Waals surface area (Å²) in [6.07, 6.45) is 3.85. The molecule has 18 heavy (non-hydrogen) atoms. The number of hydrogen-bond acceptors (Lipinski definition) is 1. The highest BCUT2D eigenvalue weighted by molar-refractivity contribution is 9.10. The van der Waals surface area contributed by atoms with Crippen LogP contribution in [0.3, 0.4) is 0 Å². The highest BCUT2D eigenvalue weighted by Gasteiger charge is 2.08. The molecule has 0 radical (unpaired) electrons. The van der Waals surface area contributed by atoms with Crippen molar-refractivity contribution in [2.75, 3.05) is 20.1 Å². The molecule has 0 atom stereocenters. The topological polar surface area (TPSA) is 32.6 Å². The Morgan fingerprint density at radius 1 is 1.67 bits per heavy atom. The first-order valence-corrected chi connectivity index (χ1v) is 6.78. The van der Waals surface area contributed by atoms with E-state index in [-0.39, 0.29) is 0 Å². The summed E-state index contributed by atoms with van der Waals surface area (Å²) in [5.74, 6) is 0.898. The standard InChI is InChI=1S/C13H21BrN4/c1-5-7-16-13(15-6-2)18(4)10-12-8-11(14)9-17(12)3/h5,8-9H,1,6-7,10H2,2-4H3,(H,15,16). The third-order valence-electron chi connectivity index (χ3n) is 2.54. The molecule has 0 spiro atoms. The van der Waals surface area contributed by atoms with E-state index in [1.54, 1.807) is 6.08 Å². The molecule has 0 saturated heterocycles. The fourth-order valence-electron chi connectivity index (χ4n) is 1.66. The first kappa shape index (κ1) is 14.8. The monoisotopic (exact) mass is 312 g/mol. The van der Waals surface area contributed by atoms with Crippen molar-refractivity contribution in [3.8, 4) is 0 Å². The van der Waals surface area contributed by atoms with E-state index in [2.05, 4.69) is 61.5 Å². The van der Waals surface area contributed by atoms with Crippen LogP contribution < -0.4 is 5.32 Å². The van der Waals surface area contributed by atoms with Crippen molar-refractivity contribution in [3.63, 3.8) is 0 Å². The smallest absolute Gasteiger partial charge is 0.194 e. The summed E-state index contributed by atoms with van der Waals surface area (Å²) in [5, 5.41) is 3.27. The molecule has 0 saturated carbocycles. The molecule has 0 aliphatic heterocycles. The minimum atomic E-state index is 0.628. The molecule has 0 unspecified atom stereocenters. The van der Waals surface area contributed by atoms with Gasteiger partial charge >= 0.3 is 0 Å². The summed E-state index contributed by atoms with van der Waals surface area (Å²) in [4.78, 5) is 6.56. The van der Waals surface area contributed by atoms with Crippen molar-refractivity contribution in [3.05, 3.63) is 35.1 Å². The summed E-state index contributed by atoms with van der Waals surface area (Å²) in [6.45, 7) is 8.05. The van der Waals surface area contributed by atoms with Crippen molar-refractivity contribution < 1.29 is 0 Å². The van der Waals surface area contributed by atoms with Crippen LogP contribution in [0.4, 0.5) is 0 Å². The van der Waals surface area contributed by atoms with Crippen LogP contribution in [0.15, 0.2) is 34.4 Å². The fourth-order valence-corrected chi connectivity index (χ4v) is 2.23. The number of aryl methyl sites for hydroxylation is 1. The second-order valence-electron chi connectivity index (χ2n) is 4.10. The SMILES string of the molecule is C=CCN=C(NCC)N(C)Cc1cc(Br)cn1C. The number of guanidine groups is 1. The maximum absolute atomic E-state index is 4.46. The van der Waals surface area contributed by atoms with Crippen LogP contribution in [-0.2, 0) is 13.6 Å². The highest BCUT2D eigenvalue weighted by Crippen LogP contribution is 2.14. The molecule has 5 heteroatoms. The zero-order valence-corrected chi connectivity index (χ0v) is 12.9. The van der Waals surface area contributed by atoms with Crippen molar-refractivity contribution in [2.45, 2.75) is 13.5 Å².